The van der Waals surface area contributed by atoms with Crippen LogP contribution in [-0.4, -0.2) is 124 Å². The van der Waals surface area contributed by atoms with Crippen LogP contribution < -0.4 is 49.1 Å². The molecule has 0 fully saturated rings. The number of hydrogen-bond donors (Lipinski definition) is 13. The van der Waals surface area contributed by atoms with E-state index >= 15 is 9.59 Å². The van der Waals surface area contributed by atoms with Crippen molar-refractivity contribution in [1.29, 1.82) is 0 Å². The molecule has 8 aromatic rings. The summed E-state index contributed by atoms with van der Waals surface area (Å²) >= 11 is 0. The molecule has 5 aromatic carbocycles. The smallest absolute Gasteiger partial charge is 0.407 e. The highest BCUT2D eigenvalue weighted by molar-refractivity contribution is 5.98. The van der Waals surface area contributed by atoms with Gasteiger partial charge in [-0.05, 0) is 135 Å². The number of para-hydroxylation sites is 3. The predicted molar refractivity (Wildman–Crippen MR) is 334 cm³/mol. The first-order valence-corrected chi connectivity index (χ1v) is 29.9. The molecule has 21 heteroatoms. The van der Waals surface area contributed by atoms with E-state index in [-0.39, 0.29) is 57.6 Å². The minimum atomic E-state index is -1.37. The molecular weight excluding hydrogens is 1100 g/mol. The summed E-state index contributed by atoms with van der Waals surface area (Å²) in [6.45, 7) is 0.938. The number of hydrogen-bond acceptors (Lipinski definition) is 11. The zero-order chi connectivity index (χ0) is 61.2. The molecule has 3 heterocycles. The lowest BCUT2D eigenvalue weighted by Gasteiger charge is -2.28. The third-order valence-corrected chi connectivity index (χ3v) is 16.2. The van der Waals surface area contributed by atoms with Crippen LogP contribution in [0.25, 0.3) is 43.8 Å². The Balaban J connectivity index is 0.962. The van der Waals surface area contributed by atoms with Gasteiger partial charge in [0.05, 0.1) is 0 Å². The first kappa shape index (κ1) is 62.2. The lowest BCUT2D eigenvalue weighted by Crippen LogP contribution is -2.60. The van der Waals surface area contributed by atoms with Crippen molar-refractivity contribution in [2.45, 2.75) is 119 Å². The van der Waals surface area contributed by atoms with E-state index in [4.69, 9.17) is 21.9 Å². The number of rotatable bonds is 32. The number of aromatic amines is 3. The number of alkyl carbamates (subject to hydrolysis) is 1. The topological polar surface area (TPSA) is 347 Å². The SMILES string of the molecule is NCCCC[C@H](NC(=O)OCC1c2ccccc2-c2ccccc21)C(=O)N[C@@H](Cc1c[nH]c2ccccc12)C(=O)N[C@@H](Cc1c[nH]c2ccccc12)C(=O)N[C@@H](CCCCN)C(=O)N[C@@H](CCCCN)C(=O)N[C@@H](Cc1c[nH]c2ccccc12)C(=O)O. The fourth-order valence-corrected chi connectivity index (χ4v) is 11.6. The van der Waals surface area contributed by atoms with Gasteiger partial charge in [-0.1, -0.05) is 103 Å². The summed E-state index contributed by atoms with van der Waals surface area (Å²) in [5, 5.41) is 29.7. The van der Waals surface area contributed by atoms with Crippen LogP contribution in [0, 0.1) is 0 Å². The normalized spacial score (nSPS) is 14.0. The summed E-state index contributed by atoms with van der Waals surface area (Å²) in [4.78, 5) is 110. The molecule has 0 bridgehead atoms. The molecule has 456 valence electrons. The minimum Gasteiger partial charge on any atom is -0.480 e. The van der Waals surface area contributed by atoms with Crippen LogP contribution in [0.4, 0.5) is 4.79 Å². The van der Waals surface area contributed by atoms with Crippen molar-refractivity contribution >= 4 is 74.3 Å². The summed E-state index contributed by atoms with van der Waals surface area (Å²) in [5.74, 6) is -5.12. The van der Waals surface area contributed by atoms with Gasteiger partial charge in [0.1, 0.15) is 42.9 Å². The molecule has 0 unspecified atom stereocenters. The molecule has 21 nitrogen and oxygen atoms in total. The van der Waals surface area contributed by atoms with Gasteiger partial charge in [0, 0.05) is 76.5 Å². The van der Waals surface area contributed by atoms with Crippen LogP contribution in [0.3, 0.4) is 0 Å². The fourth-order valence-electron chi connectivity index (χ4n) is 11.6. The number of aliphatic carboxylic acids is 1. The molecule has 3 aromatic heterocycles. The predicted octanol–water partition coefficient (Wildman–Crippen LogP) is 5.96. The second kappa shape index (κ2) is 30.2. The third kappa shape index (κ3) is 15.8. The number of ether oxygens (including phenoxy) is 1. The van der Waals surface area contributed by atoms with Crippen molar-refractivity contribution in [2.75, 3.05) is 26.2 Å². The van der Waals surface area contributed by atoms with E-state index in [0.29, 0.717) is 68.3 Å². The Labute approximate surface area is 504 Å². The van der Waals surface area contributed by atoms with Gasteiger partial charge in [0.2, 0.25) is 29.5 Å². The van der Waals surface area contributed by atoms with Crippen molar-refractivity contribution < 1.29 is 43.4 Å². The maximum absolute atomic E-state index is 15.2. The van der Waals surface area contributed by atoms with Crippen LogP contribution in [0.15, 0.2) is 140 Å². The van der Waals surface area contributed by atoms with Crippen molar-refractivity contribution in [3.8, 4) is 11.1 Å². The maximum atomic E-state index is 15.2. The van der Waals surface area contributed by atoms with Crippen LogP contribution >= 0.6 is 0 Å². The first-order chi connectivity index (χ1) is 42.3. The second-order valence-electron chi connectivity index (χ2n) is 22.2. The molecule has 0 radical (unpaired) electrons. The van der Waals surface area contributed by atoms with E-state index in [1.54, 1.807) is 18.6 Å². The number of amides is 6. The van der Waals surface area contributed by atoms with E-state index in [1.807, 2.05) is 121 Å². The number of unbranched alkanes of at least 4 members (excludes halogenated alkanes) is 3. The van der Waals surface area contributed by atoms with Crippen LogP contribution in [-0.2, 0) is 52.8 Å². The average molecular weight is 1180 g/mol. The Hall–Kier alpha value is -9.31. The number of benzene rings is 5. The lowest BCUT2D eigenvalue weighted by atomic mass is 9.98. The fraction of sp³-hybridized carbons (Fsp3) is 0.348. The van der Waals surface area contributed by atoms with E-state index < -0.39 is 77.8 Å². The minimum absolute atomic E-state index is 0.00301. The zero-order valence-electron chi connectivity index (χ0n) is 48.6. The standard InChI is InChI=1S/C66H78N12O9/c67-30-14-11-27-54(60(79)73-55(28-12-15-31-68)61(80)77-59(65(84)85)35-42-38-72-53-26-10-7-19-45(42)53)74-63(82)57(33-40-36-70-51-24-8-5-17-43(40)51)76-64(83)58(34-41-37-71-52-25-9-6-18-44(41)52)75-62(81)56(29-13-16-32-69)78-66(86)87-39-50-48-22-3-1-20-46(48)47-21-2-4-23-49(47)50/h1-10,17-26,36-38,50,54-59,70-72H,11-16,27-35,39,67-69H2,(H,73,79)(H,74,82)(H,75,81)(H,76,83)(H,77,80)(H,78,86)(H,84,85)/t54-,55-,56-,57-,58-,59-/m0/s1. The molecule has 16 N–H and O–H groups in total. The number of nitrogens with one attached hydrogen (secondary N) is 9. The summed E-state index contributed by atoms with van der Waals surface area (Å²) in [5.41, 5.74) is 26.2. The molecule has 6 atom stereocenters. The molecule has 87 heavy (non-hydrogen) atoms. The van der Waals surface area contributed by atoms with E-state index in [9.17, 15) is 29.1 Å². The number of H-pyrrole nitrogens is 3. The molecule has 0 spiro atoms. The Bertz CT molecular complexity index is 3640. The Kier molecular flexibility index (Phi) is 21.6. The zero-order valence-corrected chi connectivity index (χ0v) is 48.6. The molecule has 1 aliphatic rings. The maximum Gasteiger partial charge on any atom is 0.407 e. The van der Waals surface area contributed by atoms with Crippen molar-refractivity contribution in [2.24, 2.45) is 17.2 Å². The first-order valence-electron chi connectivity index (χ1n) is 29.9. The highest BCUT2D eigenvalue weighted by Gasteiger charge is 2.36. The Morgan fingerprint density at radius 1 is 0.414 bits per heavy atom. The summed E-state index contributed by atoms with van der Waals surface area (Å²) in [7, 11) is 0. The molecular formula is C66H78N12O9. The summed E-state index contributed by atoms with van der Waals surface area (Å²) in [6, 6.07) is 30.5. The van der Waals surface area contributed by atoms with Crippen molar-refractivity contribution in [1.82, 2.24) is 46.9 Å². The second-order valence-corrected chi connectivity index (χ2v) is 22.2. The summed E-state index contributed by atoms with van der Waals surface area (Å²) < 4.78 is 5.89. The van der Waals surface area contributed by atoms with Gasteiger partial charge in [-0.2, -0.15) is 0 Å². The number of fused-ring (bicyclic) bond motifs is 6. The Morgan fingerprint density at radius 2 is 0.736 bits per heavy atom. The monoisotopic (exact) mass is 1180 g/mol. The highest BCUT2D eigenvalue weighted by Crippen LogP contribution is 2.44. The Morgan fingerprint density at radius 3 is 1.13 bits per heavy atom. The van der Waals surface area contributed by atoms with Gasteiger partial charge in [-0.25, -0.2) is 9.59 Å². The van der Waals surface area contributed by atoms with E-state index in [1.165, 1.54) is 0 Å². The molecule has 9 rings (SSSR count). The molecule has 1 aliphatic carbocycles. The van der Waals surface area contributed by atoms with Gasteiger partial charge in [0.25, 0.3) is 0 Å². The van der Waals surface area contributed by atoms with Crippen LogP contribution in [0.1, 0.15) is 91.5 Å². The van der Waals surface area contributed by atoms with Gasteiger partial charge >= 0.3 is 12.1 Å². The van der Waals surface area contributed by atoms with Crippen LogP contribution in [0.2, 0.25) is 0 Å². The number of aromatic nitrogens is 3. The molecule has 0 aliphatic heterocycles. The van der Waals surface area contributed by atoms with E-state index in [2.05, 4.69) is 46.9 Å². The number of carbonyl (C=O) groups is 7. The van der Waals surface area contributed by atoms with Crippen molar-refractivity contribution in [3.63, 3.8) is 0 Å². The van der Waals surface area contributed by atoms with Gasteiger partial charge < -0.3 is 73.9 Å². The average Bonchev–Trinajstić information content (AvgIpc) is 1.80. The van der Waals surface area contributed by atoms with Crippen LogP contribution in [0.5, 0.6) is 0 Å². The number of carboxylic acid groups (broad SMARTS) is 1. The van der Waals surface area contributed by atoms with Gasteiger partial charge in [-0.15, -0.1) is 0 Å². The lowest BCUT2D eigenvalue weighted by molar-refractivity contribution is -0.142. The third-order valence-electron chi connectivity index (χ3n) is 16.2. The van der Waals surface area contributed by atoms with Gasteiger partial charge in [-0.3, -0.25) is 24.0 Å². The quantitative estimate of drug-likeness (QED) is 0.0217. The number of carboxylic acids is 1. The number of carbonyl (C=O) groups excluding carboxylic acids is 6. The van der Waals surface area contributed by atoms with Gasteiger partial charge in [0.15, 0.2) is 0 Å². The van der Waals surface area contributed by atoms with Crippen molar-refractivity contribution in [3.05, 3.63) is 168 Å². The largest absolute Gasteiger partial charge is 0.480 e. The summed E-state index contributed by atoms with van der Waals surface area (Å²) in [6.07, 6.45) is 7.35. The molecule has 0 saturated heterocycles. The number of nitrogens with two attached hydrogens (primary N) is 3. The van der Waals surface area contributed by atoms with E-state index in [0.717, 1.165) is 55.0 Å². The highest BCUT2D eigenvalue weighted by atomic mass is 16.5. The molecule has 6 amide bonds. The molecule has 0 saturated carbocycles.